The molecule has 0 saturated carbocycles. The van der Waals surface area contributed by atoms with Gasteiger partial charge in [0.25, 0.3) is 0 Å². The van der Waals surface area contributed by atoms with Crippen molar-refractivity contribution in [3.8, 4) is 0 Å². The van der Waals surface area contributed by atoms with Crippen molar-refractivity contribution in [2.45, 2.75) is 0 Å². The fourth-order valence-electron chi connectivity index (χ4n) is 0. The Morgan fingerprint density at radius 2 is 0.833 bits per heavy atom. The van der Waals surface area contributed by atoms with E-state index in [4.69, 9.17) is 0 Å². The average Bonchev–Trinajstić information content (AvgIpc) is 0.722. The third kappa shape index (κ3) is 26.1. The Morgan fingerprint density at radius 3 is 0.833 bits per heavy atom. The third-order valence-corrected chi connectivity index (χ3v) is 0. The standard InChI is InChI=1S/4BrH.Li.Pb.H/h4*1H;;;/q;;;;;+4;/p-4. The van der Waals surface area contributed by atoms with Gasteiger partial charge in [-0.3, -0.25) is 0 Å². The van der Waals surface area contributed by atoms with Crippen LogP contribution < -0.4 is 0 Å². The van der Waals surface area contributed by atoms with Crippen LogP contribution in [0.2, 0.25) is 0 Å². The van der Waals surface area contributed by atoms with Crippen LogP contribution >= 0.6 is 47.9 Å². The van der Waals surface area contributed by atoms with E-state index in [2.05, 4.69) is 47.9 Å². The van der Waals surface area contributed by atoms with Gasteiger partial charge in [0.15, 0.2) is 0 Å². The van der Waals surface area contributed by atoms with Crippen LogP contribution in [-0.2, 0) is 0 Å². The van der Waals surface area contributed by atoms with Crippen molar-refractivity contribution in [3.05, 3.63) is 0 Å². The molecule has 0 aromatic rings. The fraction of sp³-hybridized carbons (Fsp3) is 0. The summed E-state index contributed by atoms with van der Waals surface area (Å²) in [6, 6.07) is 0. The SMILES string of the molecule is [Br][Pb]([Br])([Br])[Br].[LiH]. The molecule has 0 aliphatic heterocycles. The van der Waals surface area contributed by atoms with Gasteiger partial charge < -0.3 is 0 Å². The Morgan fingerprint density at radius 1 is 0.833 bits per heavy atom. The third-order valence-electron chi connectivity index (χ3n) is 0. The van der Waals surface area contributed by atoms with Crippen LogP contribution in [0.15, 0.2) is 0 Å². The van der Waals surface area contributed by atoms with E-state index in [9.17, 15) is 0 Å². The van der Waals surface area contributed by atoms with Crippen LogP contribution in [0.4, 0.5) is 0 Å². The quantitative estimate of drug-likeness (QED) is 0.419. The molecule has 6 heavy (non-hydrogen) atoms. The second-order valence-electron chi connectivity index (χ2n) is 0.429. The van der Waals surface area contributed by atoms with Gasteiger partial charge in [-0.1, -0.05) is 0 Å². The zero-order valence-corrected chi connectivity index (χ0v) is 12.2. The van der Waals surface area contributed by atoms with Gasteiger partial charge >= 0.3 is 78.3 Å². The number of rotatable bonds is 0. The van der Waals surface area contributed by atoms with Crippen molar-refractivity contribution in [3.63, 3.8) is 0 Å². The van der Waals surface area contributed by atoms with E-state index >= 15 is 0 Å². The van der Waals surface area contributed by atoms with Crippen molar-refractivity contribution >= 4 is 78.3 Å². The summed E-state index contributed by atoms with van der Waals surface area (Å²) in [4.78, 5) is 0. The van der Waals surface area contributed by atoms with Crippen molar-refractivity contribution in [1.29, 1.82) is 0 Å². The summed E-state index contributed by atoms with van der Waals surface area (Å²) in [6.07, 6.45) is 0. The first kappa shape index (κ1) is 12.1. The van der Waals surface area contributed by atoms with E-state index in [1.54, 1.807) is 0 Å². The summed E-state index contributed by atoms with van der Waals surface area (Å²) in [5.41, 5.74) is 0. The molecule has 0 aromatic heterocycles. The van der Waals surface area contributed by atoms with Crippen LogP contribution in [0.5, 0.6) is 0 Å². The van der Waals surface area contributed by atoms with Gasteiger partial charge in [-0.2, -0.15) is 0 Å². The van der Waals surface area contributed by atoms with Crippen LogP contribution in [0.25, 0.3) is 0 Å². The van der Waals surface area contributed by atoms with Crippen LogP contribution in [0.3, 0.4) is 0 Å². The van der Waals surface area contributed by atoms with Gasteiger partial charge in [0, 0.05) is 0 Å². The van der Waals surface area contributed by atoms with Crippen LogP contribution in [0.1, 0.15) is 0 Å². The van der Waals surface area contributed by atoms with E-state index in [0.29, 0.717) is 0 Å². The van der Waals surface area contributed by atoms with E-state index in [1.807, 2.05) is 0 Å². The molecule has 34 valence electrons. The van der Waals surface area contributed by atoms with Crippen molar-refractivity contribution in [2.75, 3.05) is 0 Å². The molecule has 0 aromatic carbocycles. The molecule has 0 atom stereocenters. The molecule has 0 amide bonds. The summed E-state index contributed by atoms with van der Waals surface area (Å²) < 4.78 is 0. The summed E-state index contributed by atoms with van der Waals surface area (Å²) in [5.74, 6) is 0. The van der Waals surface area contributed by atoms with Gasteiger partial charge in [0.2, 0.25) is 0 Å². The summed E-state index contributed by atoms with van der Waals surface area (Å²) in [7, 11) is 0. The molecule has 0 fully saturated rings. The summed E-state index contributed by atoms with van der Waals surface area (Å²) in [6.45, 7) is 0. The molecule has 0 saturated heterocycles. The topological polar surface area (TPSA) is 0 Å². The maximum atomic E-state index is 3.35. The first-order valence-corrected chi connectivity index (χ1v) is 34.5. The molecule has 0 bridgehead atoms. The van der Waals surface area contributed by atoms with Gasteiger partial charge in [-0.15, -0.1) is 0 Å². The molecule has 0 radical (unpaired) electrons. The Hall–Kier alpha value is 3.44. The summed E-state index contributed by atoms with van der Waals surface area (Å²) >= 11 is 11.4. The second kappa shape index (κ2) is 5.24. The molecule has 0 heterocycles. The molecule has 0 unspecified atom stereocenters. The second-order valence-corrected chi connectivity index (χ2v) is 102. The Kier molecular flexibility index (Phi) is 10.6. The van der Waals surface area contributed by atoms with Crippen molar-refractivity contribution in [1.82, 2.24) is 0 Å². The molecular formula is HBr4LiPb. The number of hydrogen-bond donors (Lipinski definition) is 0. The summed E-state index contributed by atoms with van der Waals surface area (Å²) in [5, 5.41) is 0. The monoisotopic (exact) mass is 532 g/mol. The molecule has 0 N–H and O–H groups in total. The fourth-order valence-corrected chi connectivity index (χ4v) is 0. The predicted molar refractivity (Wildman–Crippen MR) is 48.6 cm³/mol. The molecular weight excluding hydrogens is 534 g/mol. The molecule has 0 aliphatic rings. The van der Waals surface area contributed by atoms with Crippen LogP contribution in [0, 0.1) is 0 Å². The predicted octanol–water partition coefficient (Wildman–Crippen LogP) is 2.35. The molecule has 0 spiro atoms. The van der Waals surface area contributed by atoms with E-state index in [0.717, 1.165) is 0 Å². The zero-order chi connectivity index (χ0) is 4.50. The number of hydrogen-bond acceptors (Lipinski definition) is 0. The molecule has 6 heteroatoms. The Labute approximate surface area is 76.3 Å². The first-order chi connectivity index (χ1) is 2.00. The van der Waals surface area contributed by atoms with Crippen molar-refractivity contribution in [2.24, 2.45) is 0 Å². The maximum absolute atomic E-state index is 3.35. The molecule has 0 aliphatic carbocycles. The van der Waals surface area contributed by atoms with Crippen LogP contribution in [-0.4, -0.2) is 30.4 Å². The van der Waals surface area contributed by atoms with Gasteiger partial charge in [0.05, 0.1) is 0 Å². The minimum absolute atomic E-state index is 0. The van der Waals surface area contributed by atoms with Gasteiger partial charge in [-0.25, -0.2) is 0 Å². The van der Waals surface area contributed by atoms with E-state index in [-0.39, 0.29) is 18.9 Å². The van der Waals surface area contributed by atoms with Crippen molar-refractivity contribution < 1.29 is 0 Å². The van der Waals surface area contributed by atoms with Gasteiger partial charge in [0.1, 0.15) is 0 Å². The Balaban J connectivity index is 0. The van der Waals surface area contributed by atoms with Gasteiger partial charge in [-0.05, 0) is 0 Å². The van der Waals surface area contributed by atoms with E-state index in [1.165, 1.54) is 0 Å². The molecule has 0 nitrogen and oxygen atoms in total. The first-order valence-electron chi connectivity index (χ1n) is 0.756. The normalized spacial score (nSPS) is 10.0. The number of halogens is 4. The Bertz CT molecular complexity index is 23.0. The molecule has 0 rings (SSSR count). The average molecular weight is 535 g/mol. The van der Waals surface area contributed by atoms with E-state index < -0.39 is 11.5 Å². The minimum atomic E-state index is -2.03. The zero-order valence-electron chi connectivity index (χ0n) is 2.01.